The average molecular weight is 1110 g/mol. The summed E-state index contributed by atoms with van der Waals surface area (Å²) < 4.78 is 5.49. The maximum absolute atomic E-state index is 12.5. The zero-order chi connectivity index (χ0) is 57.1. The largest absolute Gasteiger partial charge is 0.466 e. The molecule has 79 heavy (non-hydrogen) atoms. The van der Waals surface area contributed by atoms with Crippen molar-refractivity contribution in [3.63, 3.8) is 0 Å². The molecule has 3 N–H and O–H groups in total. The smallest absolute Gasteiger partial charge is 0.305 e. The van der Waals surface area contributed by atoms with E-state index in [1.54, 1.807) is 0 Å². The summed E-state index contributed by atoms with van der Waals surface area (Å²) in [7, 11) is 0. The Morgan fingerprint density at radius 3 is 0.899 bits per heavy atom. The van der Waals surface area contributed by atoms with Gasteiger partial charge in [-0.3, -0.25) is 9.59 Å². The fraction of sp³-hybridized carbons (Fsp3) is 0.945. The first-order valence-electron chi connectivity index (χ1n) is 36.4. The van der Waals surface area contributed by atoms with Crippen molar-refractivity contribution in [2.24, 2.45) is 0 Å². The summed E-state index contributed by atoms with van der Waals surface area (Å²) >= 11 is 0. The van der Waals surface area contributed by atoms with Crippen molar-refractivity contribution in [3.8, 4) is 0 Å². The van der Waals surface area contributed by atoms with E-state index in [0.29, 0.717) is 25.9 Å². The molecule has 0 spiro atoms. The molecule has 0 aliphatic rings. The molecule has 0 aliphatic heterocycles. The number of unbranched alkanes of at least 4 members (excludes halogenated alkanes) is 56. The molecule has 0 rings (SSSR count). The van der Waals surface area contributed by atoms with Gasteiger partial charge in [-0.05, 0) is 51.4 Å². The number of hydrogen-bond acceptors (Lipinski definition) is 5. The summed E-state index contributed by atoms with van der Waals surface area (Å²) in [4.78, 5) is 24.6. The van der Waals surface area contributed by atoms with E-state index in [9.17, 15) is 19.8 Å². The zero-order valence-corrected chi connectivity index (χ0v) is 53.9. The minimum atomic E-state index is -0.663. The first kappa shape index (κ1) is 77.6. The summed E-state index contributed by atoms with van der Waals surface area (Å²) in [5.41, 5.74) is 0. The monoisotopic (exact) mass is 1110 g/mol. The Kier molecular flexibility index (Phi) is 67.9. The molecule has 0 saturated heterocycles. The molecule has 6 nitrogen and oxygen atoms in total. The standard InChI is InChI=1S/C73H143NO5/c1-3-5-7-9-11-13-15-17-19-20-21-31-34-38-41-45-49-53-57-61-65-71(76)70(69-75)74-72(77)66-62-58-54-50-46-42-39-35-32-29-27-25-23-22-24-26-28-30-33-36-40-44-48-52-56-60-64-68-79-73(78)67-63-59-55-51-47-43-37-18-16-14-12-10-8-6-4-2/h18,37,70-71,75-76H,3-17,19-36,38-69H2,1-2H3,(H,74,77)/b37-18-. The second kappa shape index (κ2) is 69.1. The van der Waals surface area contributed by atoms with Crippen molar-refractivity contribution in [3.05, 3.63) is 12.2 Å². The van der Waals surface area contributed by atoms with Gasteiger partial charge in [0.15, 0.2) is 0 Å². The number of esters is 1. The molecule has 0 saturated carbocycles. The van der Waals surface area contributed by atoms with Gasteiger partial charge in [-0.1, -0.05) is 366 Å². The van der Waals surface area contributed by atoms with E-state index in [-0.39, 0.29) is 18.5 Å². The van der Waals surface area contributed by atoms with Gasteiger partial charge < -0.3 is 20.3 Å². The van der Waals surface area contributed by atoms with E-state index < -0.39 is 12.1 Å². The molecule has 0 aliphatic carbocycles. The molecular weight excluding hydrogens is 971 g/mol. The lowest BCUT2D eigenvalue weighted by atomic mass is 10.0. The predicted molar refractivity (Wildman–Crippen MR) is 347 cm³/mol. The molecule has 1 amide bonds. The van der Waals surface area contributed by atoms with Crippen LogP contribution in [0.3, 0.4) is 0 Å². The van der Waals surface area contributed by atoms with Crippen molar-refractivity contribution in [1.82, 2.24) is 5.32 Å². The Morgan fingerprint density at radius 2 is 0.595 bits per heavy atom. The molecule has 2 unspecified atom stereocenters. The summed E-state index contributed by atoms with van der Waals surface area (Å²) in [6, 6.07) is -0.540. The number of aliphatic hydroxyl groups excluding tert-OH is 2. The van der Waals surface area contributed by atoms with Crippen LogP contribution in [0.15, 0.2) is 12.2 Å². The predicted octanol–water partition coefficient (Wildman–Crippen LogP) is 23.5. The van der Waals surface area contributed by atoms with Gasteiger partial charge in [0.1, 0.15) is 0 Å². The molecule has 0 heterocycles. The van der Waals surface area contributed by atoms with Gasteiger partial charge in [-0.2, -0.15) is 0 Å². The Labute approximate surface area is 495 Å². The number of allylic oxidation sites excluding steroid dienone is 2. The molecular formula is C73H143NO5. The topological polar surface area (TPSA) is 95.9 Å². The number of carbonyl (C=O) groups excluding carboxylic acids is 2. The van der Waals surface area contributed by atoms with Gasteiger partial charge in [0.2, 0.25) is 5.91 Å². The van der Waals surface area contributed by atoms with E-state index in [1.807, 2.05) is 0 Å². The van der Waals surface area contributed by atoms with Gasteiger partial charge in [-0.25, -0.2) is 0 Å². The number of aliphatic hydroxyl groups is 2. The highest BCUT2D eigenvalue weighted by molar-refractivity contribution is 5.76. The van der Waals surface area contributed by atoms with Crippen molar-refractivity contribution >= 4 is 11.9 Å². The zero-order valence-electron chi connectivity index (χ0n) is 53.9. The Morgan fingerprint density at radius 1 is 0.342 bits per heavy atom. The van der Waals surface area contributed by atoms with Crippen molar-refractivity contribution in [2.75, 3.05) is 13.2 Å². The van der Waals surface area contributed by atoms with Crippen LogP contribution in [0.2, 0.25) is 0 Å². The van der Waals surface area contributed by atoms with Crippen LogP contribution < -0.4 is 5.32 Å². The normalized spacial score (nSPS) is 12.5. The Hall–Kier alpha value is -1.40. The lowest BCUT2D eigenvalue weighted by molar-refractivity contribution is -0.143. The molecule has 2 atom stereocenters. The second-order valence-corrected chi connectivity index (χ2v) is 25.3. The number of carbonyl (C=O) groups is 2. The maximum Gasteiger partial charge on any atom is 0.305 e. The second-order valence-electron chi connectivity index (χ2n) is 25.3. The highest BCUT2D eigenvalue weighted by atomic mass is 16.5. The van der Waals surface area contributed by atoms with E-state index >= 15 is 0 Å². The molecule has 0 fully saturated rings. The first-order chi connectivity index (χ1) is 39.0. The third-order valence-electron chi connectivity index (χ3n) is 17.3. The van der Waals surface area contributed by atoms with Crippen LogP contribution in [0.25, 0.3) is 0 Å². The number of ether oxygens (including phenoxy) is 1. The van der Waals surface area contributed by atoms with Crippen LogP contribution in [-0.4, -0.2) is 47.4 Å². The quantitative estimate of drug-likeness (QED) is 0.0320. The minimum absolute atomic E-state index is 0.0113. The van der Waals surface area contributed by atoms with Gasteiger partial charge in [0.25, 0.3) is 0 Å². The van der Waals surface area contributed by atoms with Crippen LogP contribution >= 0.6 is 0 Å². The molecule has 470 valence electrons. The van der Waals surface area contributed by atoms with Crippen LogP contribution in [0.1, 0.15) is 418 Å². The molecule has 0 aromatic rings. The average Bonchev–Trinajstić information content (AvgIpc) is 3.45. The van der Waals surface area contributed by atoms with E-state index in [0.717, 1.165) is 44.9 Å². The third kappa shape index (κ3) is 65.6. The van der Waals surface area contributed by atoms with Crippen molar-refractivity contribution < 1.29 is 24.5 Å². The van der Waals surface area contributed by atoms with Crippen LogP contribution in [0, 0.1) is 0 Å². The minimum Gasteiger partial charge on any atom is -0.466 e. The summed E-state index contributed by atoms with van der Waals surface area (Å²) in [5, 5.41) is 23.4. The molecule has 0 radical (unpaired) electrons. The summed E-state index contributed by atoms with van der Waals surface area (Å²) in [6.45, 7) is 4.99. The summed E-state index contributed by atoms with van der Waals surface area (Å²) in [6.07, 6.45) is 85.5. The SMILES string of the molecule is CCCCCCCC/C=C\CCCCCCCC(=O)OCCCCCCCCCCCCCCCCCCCCCCCCCCCCCC(=O)NC(CO)C(O)CCCCCCCCCCCCCCCCCCCCCC. The Balaban J connectivity index is 3.34. The van der Waals surface area contributed by atoms with Crippen LogP contribution in [0.4, 0.5) is 0 Å². The molecule has 0 aromatic heterocycles. The lowest BCUT2D eigenvalue weighted by Gasteiger charge is -2.22. The van der Waals surface area contributed by atoms with E-state index in [4.69, 9.17) is 4.74 Å². The van der Waals surface area contributed by atoms with Crippen molar-refractivity contribution in [2.45, 2.75) is 431 Å². The fourth-order valence-electron chi connectivity index (χ4n) is 11.8. The number of nitrogens with one attached hydrogen (secondary N) is 1. The summed E-state index contributed by atoms with van der Waals surface area (Å²) in [5.74, 6) is -0.0161. The third-order valence-corrected chi connectivity index (χ3v) is 17.3. The number of hydrogen-bond donors (Lipinski definition) is 3. The van der Waals surface area contributed by atoms with E-state index in [1.165, 1.54) is 340 Å². The van der Waals surface area contributed by atoms with Gasteiger partial charge >= 0.3 is 5.97 Å². The maximum atomic E-state index is 12.5. The Bertz CT molecular complexity index is 1190. The number of rotatable bonds is 69. The van der Waals surface area contributed by atoms with Gasteiger partial charge in [0, 0.05) is 12.8 Å². The fourth-order valence-corrected chi connectivity index (χ4v) is 11.8. The van der Waals surface area contributed by atoms with Gasteiger partial charge in [0.05, 0.1) is 25.4 Å². The first-order valence-corrected chi connectivity index (χ1v) is 36.4. The molecule has 6 heteroatoms. The molecule has 0 bridgehead atoms. The highest BCUT2D eigenvalue weighted by Gasteiger charge is 2.20. The van der Waals surface area contributed by atoms with Crippen LogP contribution in [-0.2, 0) is 14.3 Å². The van der Waals surface area contributed by atoms with Gasteiger partial charge in [-0.15, -0.1) is 0 Å². The molecule has 0 aromatic carbocycles. The highest BCUT2D eigenvalue weighted by Crippen LogP contribution is 2.20. The van der Waals surface area contributed by atoms with Crippen molar-refractivity contribution in [1.29, 1.82) is 0 Å². The van der Waals surface area contributed by atoms with Crippen LogP contribution in [0.5, 0.6) is 0 Å². The van der Waals surface area contributed by atoms with E-state index in [2.05, 4.69) is 31.3 Å². The lowest BCUT2D eigenvalue weighted by Crippen LogP contribution is -2.45. The number of amides is 1.